The van der Waals surface area contributed by atoms with Crippen LogP contribution in [0, 0.1) is 0 Å². The van der Waals surface area contributed by atoms with Gasteiger partial charge in [-0.05, 0) is 119 Å². The highest BCUT2D eigenvalue weighted by atomic mass is 15.1. The third-order valence-corrected chi connectivity index (χ3v) is 13.0. The Balaban J connectivity index is 1.06. The lowest BCUT2D eigenvalue weighted by atomic mass is 9.79. The minimum atomic E-state index is -0.111. The molecule has 1 nitrogen and oxygen atoms in total. The van der Waals surface area contributed by atoms with Gasteiger partial charge in [-0.1, -0.05) is 179 Å². The summed E-state index contributed by atoms with van der Waals surface area (Å²) in [5.41, 5.74) is 19.2. The number of benzene rings is 9. The van der Waals surface area contributed by atoms with Crippen molar-refractivity contribution >= 4 is 38.6 Å². The van der Waals surface area contributed by atoms with E-state index in [0.717, 1.165) is 17.1 Å². The quantitative estimate of drug-likeness (QED) is 0.159. The van der Waals surface area contributed by atoms with E-state index in [1.807, 2.05) is 0 Å². The molecule has 2 aliphatic carbocycles. The Labute approximate surface area is 335 Å². The number of anilines is 3. The molecule has 0 bridgehead atoms. The molecule has 9 aromatic rings. The van der Waals surface area contributed by atoms with Crippen molar-refractivity contribution in [1.82, 2.24) is 0 Å². The third-order valence-electron chi connectivity index (χ3n) is 13.0. The van der Waals surface area contributed by atoms with Crippen molar-refractivity contribution < 1.29 is 0 Å². The number of nitrogens with zero attached hydrogens (tertiary/aromatic N) is 1. The number of hydrogen-bond acceptors (Lipinski definition) is 1. The summed E-state index contributed by atoms with van der Waals surface area (Å²) in [6.45, 7) is 9.46. The fraction of sp³-hybridized carbons (Fsp3) is 0.107. The van der Waals surface area contributed by atoms with E-state index in [9.17, 15) is 0 Å². The molecular weight excluding hydrogens is 687 g/mol. The standard InChI is InChI=1S/C56H43N/c1-55(2)50-23-9-7-18-45(50)47-32-29-38(35-52(47)55)36-26-30-40(31-27-36)57(53-25-13-21-44-42-17-6-5-14-37(42)28-33-48(44)53)41-16-11-15-39(34-41)43-20-12-22-49-46-19-8-10-24-51(46)56(3,4)54(43)49/h5-35H,1-4H3. The van der Waals surface area contributed by atoms with Gasteiger partial charge in [-0.25, -0.2) is 0 Å². The van der Waals surface area contributed by atoms with Crippen molar-refractivity contribution in [1.29, 1.82) is 0 Å². The van der Waals surface area contributed by atoms with Crippen molar-refractivity contribution in [2.75, 3.05) is 4.90 Å². The molecule has 1 heteroatoms. The smallest absolute Gasteiger partial charge is 0.0540 e. The van der Waals surface area contributed by atoms with Crippen LogP contribution in [0.25, 0.3) is 66.1 Å². The predicted molar refractivity (Wildman–Crippen MR) is 242 cm³/mol. The van der Waals surface area contributed by atoms with Crippen molar-refractivity contribution in [3.63, 3.8) is 0 Å². The van der Waals surface area contributed by atoms with E-state index in [1.165, 1.54) is 88.3 Å². The van der Waals surface area contributed by atoms with Gasteiger partial charge in [-0.2, -0.15) is 0 Å². The largest absolute Gasteiger partial charge is 0.310 e. The van der Waals surface area contributed by atoms with Crippen LogP contribution in [0.2, 0.25) is 0 Å². The summed E-state index contributed by atoms with van der Waals surface area (Å²) < 4.78 is 0. The van der Waals surface area contributed by atoms with E-state index in [2.05, 4.69) is 221 Å². The van der Waals surface area contributed by atoms with Gasteiger partial charge in [-0.15, -0.1) is 0 Å². The number of fused-ring (bicyclic) bond motifs is 9. The lowest BCUT2D eigenvalue weighted by Gasteiger charge is -2.28. The second kappa shape index (κ2) is 12.4. The van der Waals surface area contributed by atoms with Crippen molar-refractivity contribution in [3.05, 3.63) is 210 Å². The molecule has 0 aromatic heterocycles. The third kappa shape index (κ3) is 5.02. The number of rotatable bonds is 5. The van der Waals surface area contributed by atoms with E-state index >= 15 is 0 Å². The molecule has 0 heterocycles. The topological polar surface area (TPSA) is 3.24 Å². The van der Waals surface area contributed by atoms with E-state index in [4.69, 9.17) is 0 Å². The van der Waals surface area contributed by atoms with Gasteiger partial charge in [0.25, 0.3) is 0 Å². The zero-order valence-electron chi connectivity index (χ0n) is 32.8. The molecule has 0 unspecified atom stereocenters. The van der Waals surface area contributed by atoms with E-state index < -0.39 is 0 Å². The first-order valence-corrected chi connectivity index (χ1v) is 20.2. The zero-order chi connectivity index (χ0) is 38.5. The Morgan fingerprint density at radius 3 is 1.77 bits per heavy atom. The first kappa shape index (κ1) is 33.6. The van der Waals surface area contributed by atoms with Crippen LogP contribution in [0.4, 0.5) is 17.1 Å². The average Bonchev–Trinajstić information content (AvgIpc) is 3.63. The molecule has 0 radical (unpaired) electrons. The molecule has 0 spiro atoms. The lowest BCUT2D eigenvalue weighted by Crippen LogP contribution is -2.16. The summed E-state index contributed by atoms with van der Waals surface area (Å²) in [6.07, 6.45) is 0. The fourth-order valence-corrected chi connectivity index (χ4v) is 10.2. The van der Waals surface area contributed by atoms with Crippen LogP contribution < -0.4 is 4.90 Å². The van der Waals surface area contributed by atoms with Crippen LogP contribution >= 0.6 is 0 Å². The minimum Gasteiger partial charge on any atom is -0.310 e. The summed E-state index contributed by atoms with van der Waals surface area (Å²) in [5, 5.41) is 5.00. The molecule has 9 aromatic carbocycles. The first-order valence-electron chi connectivity index (χ1n) is 20.2. The Morgan fingerprint density at radius 1 is 0.333 bits per heavy atom. The Hall–Kier alpha value is -6.70. The normalized spacial score (nSPS) is 14.2. The van der Waals surface area contributed by atoms with Crippen LogP contribution in [0.5, 0.6) is 0 Å². The number of hydrogen-bond donors (Lipinski definition) is 0. The van der Waals surface area contributed by atoms with Crippen LogP contribution in [-0.2, 0) is 10.8 Å². The van der Waals surface area contributed by atoms with Crippen LogP contribution in [-0.4, -0.2) is 0 Å². The molecule has 0 atom stereocenters. The van der Waals surface area contributed by atoms with Gasteiger partial charge < -0.3 is 4.90 Å². The molecule has 11 rings (SSSR count). The molecule has 0 aliphatic heterocycles. The van der Waals surface area contributed by atoms with Crippen molar-refractivity contribution in [3.8, 4) is 44.5 Å². The second-order valence-corrected chi connectivity index (χ2v) is 16.9. The molecule has 0 fully saturated rings. The predicted octanol–water partition coefficient (Wildman–Crippen LogP) is 15.4. The van der Waals surface area contributed by atoms with Crippen LogP contribution in [0.1, 0.15) is 49.9 Å². The maximum absolute atomic E-state index is 2.45. The van der Waals surface area contributed by atoms with Gasteiger partial charge >= 0.3 is 0 Å². The van der Waals surface area contributed by atoms with E-state index in [1.54, 1.807) is 0 Å². The molecule has 0 amide bonds. The average molecular weight is 730 g/mol. The highest BCUT2D eigenvalue weighted by Gasteiger charge is 2.38. The monoisotopic (exact) mass is 729 g/mol. The molecular formula is C56H43N. The van der Waals surface area contributed by atoms with Gasteiger partial charge in [0, 0.05) is 27.6 Å². The lowest BCUT2D eigenvalue weighted by molar-refractivity contribution is 0.660. The molecule has 2 aliphatic rings. The molecule has 57 heavy (non-hydrogen) atoms. The zero-order valence-corrected chi connectivity index (χ0v) is 32.8. The van der Waals surface area contributed by atoms with E-state index in [-0.39, 0.29) is 10.8 Å². The Morgan fingerprint density at radius 2 is 0.947 bits per heavy atom. The fourth-order valence-electron chi connectivity index (χ4n) is 10.2. The van der Waals surface area contributed by atoms with Gasteiger partial charge in [0.05, 0.1) is 5.69 Å². The summed E-state index contributed by atoms with van der Waals surface area (Å²) in [5.74, 6) is 0. The summed E-state index contributed by atoms with van der Waals surface area (Å²) in [7, 11) is 0. The molecule has 272 valence electrons. The van der Waals surface area contributed by atoms with Crippen LogP contribution in [0.15, 0.2) is 188 Å². The summed E-state index contributed by atoms with van der Waals surface area (Å²) >= 11 is 0. The minimum absolute atomic E-state index is 0.0426. The first-order chi connectivity index (χ1) is 27.8. The van der Waals surface area contributed by atoms with Crippen LogP contribution in [0.3, 0.4) is 0 Å². The maximum atomic E-state index is 2.45. The summed E-state index contributed by atoms with van der Waals surface area (Å²) in [4.78, 5) is 2.45. The van der Waals surface area contributed by atoms with E-state index in [0.29, 0.717) is 0 Å². The van der Waals surface area contributed by atoms with Gasteiger partial charge in [0.1, 0.15) is 0 Å². The van der Waals surface area contributed by atoms with Gasteiger partial charge in [-0.3, -0.25) is 0 Å². The Bertz CT molecular complexity index is 3070. The summed E-state index contributed by atoms with van der Waals surface area (Å²) in [6, 6.07) is 70.1. The van der Waals surface area contributed by atoms with Gasteiger partial charge in [0.15, 0.2) is 0 Å². The molecule has 0 N–H and O–H groups in total. The SMILES string of the molecule is CC1(C)c2ccccc2-c2ccc(-c3ccc(N(c4cccc(-c5cccc6c5C(C)(C)c5ccccc5-6)c4)c4cccc5c4ccc4ccccc45)cc3)cc21. The van der Waals surface area contributed by atoms with Gasteiger partial charge in [0.2, 0.25) is 0 Å². The molecule has 0 saturated carbocycles. The molecule has 0 saturated heterocycles. The second-order valence-electron chi connectivity index (χ2n) is 16.9. The highest BCUT2D eigenvalue weighted by molar-refractivity contribution is 6.12. The van der Waals surface area contributed by atoms with Crippen molar-refractivity contribution in [2.45, 2.75) is 38.5 Å². The maximum Gasteiger partial charge on any atom is 0.0540 e. The van der Waals surface area contributed by atoms with Crippen molar-refractivity contribution in [2.24, 2.45) is 0 Å². The highest BCUT2D eigenvalue weighted by Crippen LogP contribution is 2.53. The Kier molecular flexibility index (Phi) is 7.32.